The number of hydrazine groups is 1. The Morgan fingerprint density at radius 3 is 2.15 bits per heavy atom. The number of imide groups is 1. The Morgan fingerprint density at radius 2 is 1.49 bits per heavy atom. The number of hydrogen-bond donors (Lipinski definition) is 8. The number of ether oxygens (including phenoxy) is 3. The Bertz CT molecular complexity index is 1470. The molecule has 0 saturated heterocycles. The summed E-state index contributed by atoms with van der Waals surface area (Å²) in [7, 11) is 1.52. The Labute approximate surface area is 319 Å². The highest BCUT2D eigenvalue weighted by Gasteiger charge is 2.29. The van der Waals surface area contributed by atoms with Crippen LogP contribution in [-0.2, 0) is 44.8 Å². The van der Waals surface area contributed by atoms with Gasteiger partial charge in [-0.2, -0.15) is 0 Å². The molecule has 0 spiro atoms. The van der Waals surface area contributed by atoms with Crippen LogP contribution in [0.4, 0.5) is 20.1 Å². The number of anilines is 1. The summed E-state index contributed by atoms with van der Waals surface area (Å²) in [5.41, 5.74) is 10.8. The molecule has 0 bridgehead atoms. The molecule has 1 aliphatic rings. The molecule has 2 rings (SSSR count). The Morgan fingerprint density at radius 1 is 0.782 bits per heavy atom. The van der Waals surface area contributed by atoms with E-state index in [4.69, 9.17) is 19.9 Å². The molecule has 20 heteroatoms. The number of benzene rings is 1. The van der Waals surface area contributed by atoms with Crippen LogP contribution in [0.3, 0.4) is 0 Å². The molecule has 0 fully saturated rings. The van der Waals surface area contributed by atoms with Crippen LogP contribution in [0.1, 0.15) is 57.9 Å². The van der Waals surface area contributed by atoms with E-state index in [1.807, 2.05) is 0 Å². The van der Waals surface area contributed by atoms with Crippen LogP contribution < -0.4 is 43.2 Å². The normalized spacial score (nSPS) is 13.1. The highest BCUT2D eigenvalue weighted by molar-refractivity contribution is 6.12. The molecule has 1 aromatic rings. The maximum Gasteiger partial charge on any atom is 0.421 e. The molecule has 304 valence electrons. The predicted octanol–water partition coefficient (Wildman–Crippen LogP) is 0.288. The first kappa shape index (κ1) is 45.4. The molecular weight excluding hydrogens is 722 g/mol. The summed E-state index contributed by atoms with van der Waals surface area (Å²) in [5.74, 6) is -2.49. The standard InChI is InChI=1S/C35H53N9O11/c1-23(2)30(42-27(45)9-5-4-6-18-44-28(46)14-15-29(44)47)32(49)41-26(8-7-16-38-33(36)50)31(48)40-25-12-10-24(11-13-25)22-55-34(51)39-17-19-53-20-21-54-35(52)43-37-3/h10-15,23,26,30,37H,4-9,16-22H2,1-3H3,(H,39,51)(H,40,48)(H,41,49)(H,42,45)(H,43,52)(H3,36,38,50). The van der Waals surface area contributed by atoms with Gasteiger partial charge in [0.1, 0.15) is 25.3 Å². The third kappa shape index (κ3) is 18.7. The number of amides is 9. The zero-order valence-electron chi connectivity index (χ0n) is 31.4. The van der Waals surface area contributed by atoms with Crippen molar-refractivity contribution in [3.05, 3.63) is 42.0 Å². The topological polar surface area (TPSA) is 278 Å². The van der Waals surface area contributed by atoms with Crippen LogP contribution in [-0.4, -0.2) is 111 Å². The molecule has 0 radical (unpaired) electrons. The molecule has 1 heterocycles. The lowest BCUT2D eigenvalue weighted by atomic mass is 10.0. The van der Waals surface area contributed by atoms with E-state index in [1.165, 1.54) is 19.2 Å². The van der Waals surface area contributed by atoms with Crippen molar-refractivity contribution in [3.8, 4) is 0 Å². The fourth-order valence-corrected chi connectivity index (χ4v) is 4.98. The lowest BCUT2D eigenvalue weighted by Crippen LogP contribution is -2.54. The number of alkyl carbamates (subject to hydrolysis) is 1. The first-order chi connectivity index (χ1) is 26.3. The van der Waals surface area contributed by atoms with E-state index < -0.39 is 42.1 Å². The number of rotatable bonds is 25. The molecule has 0 saturated carbocycles. The third-order valence-corrected chi connectivity index (χ3v) is 7.85. The molecule has 2 unspecified atom stereocenters. The minimum absolute atomic E-state index is 0.0366. The number of nitrogens with two attached hydrogens (primary N) is 1. The van der Waals surface area contributed by atoms with Gasteiger partial charge >= 0.3 is 18.2 Å². The monoisotopic (exact) mass is 775 g/mol. The van der Waals surface area contributed by atoms with Crippen LogP contribution in [0.15, 0.2) is 36.4 Å². The van der Waals surface area contributed by atoms with Gasteiger partial charge in [-0.25, -0.2) is 19.8 Å². The number of nitrogens with zero attached hydrogens (tertiary/aromatic N) is 1. The van der Waals surface area contributed by atoms with Gasteiger partial charge in [-0.3, -0.25) is 34.3 Å². The predicted molar refractivity (Wildman–Crippen MR) is 197 cm³/mol. The highest BCUT2D eigenvalue weighted by atomic mass is 16.6. The maximum atomic E-state index is 13.4. The van der Waals surface area contributed by atoms with Gasteiger partial charge < -0.3 is 46.5 Å². The van der Waals surface area contributed by atoms with E-state index in [-0.39, 0.29) is 82.5 Å². The third-order valence-electron chi connectivity index (χ3n) is 7.85. The smallest absolute Gasteiger partial charge is 0.421 e. The summed E-state index contributed by atoms with van der Waals surface area (Å²) in [6.07, 6.45) is 3.29. The van der Waals surface area contributed by atoms with E-state index in [1.54, 1.807) is 38.1 Å². The Kier molecular flexibility index (Phi) is 20.9. The molecule has 1 aliphatic heterocycles. The molecule has 0 aromatic heterocycles. The number of carbonyl (C=O) groups is 8. The first-order valence-electron chi connectivity index (χ1n) is 17.9. The van der Waals surface area contributed by atoms with Crippen molar-refractivity contribution in [1.29, 1.82) is 0 Å². The number of nitrogens with one attached hydrogen (secondary N) is 7. The molecule has 55 heavy (non-hydrogen) atoms. The van der Waals surface area contributed by atoms with Crippen LogP contribution in [0, 0.1) is 5.92 Å². The van der Waals surface area contributed by atoms with E-state index in [0.29, 0.717) is 36.9 Å². The highest BCUT2D eigenvalue weighted by Crippen LogP contribution is 2.13. The summed E-state index contributed by atoms with van der Waals surface area (Å²) < 4.78 is 15.3. The van der Waals surface area contributed by atoms with Gasteiger partial charge in [0.05, 0.1) is 13.2 Å². The number of urea groups is 1. The van der Waals surface area contributed by atoms with Gasteiger partial charge in [-0.1, -0.05) is 32.4 Å². The number of primary amides is 1. The number of unbranched alkanes of at least 4 members (excludes halogenated alkanes) is 2. The molecule has 9 N–H and O–H groups in total. The van der Waals surface area contributed by atoms with E-state index in [0.717, 1.165) is 4.90 Å². The van der Waals surface area contributed by atoms with Crippen LogP contribution in [0.2, 0.25) is 0 Å². The second kappa shape index (κ2) is 25.3. The van der Waals surface area contributed by atoms with Crippen molar-refractivity contribution in [2.45, 2.75) is 71.1 Å². The lowest BCUT2D eigenvalue weighted by Gasteiger charge is -2.25. The van der Waals surface area contributed by atoms with Gasteiger partial charge in [-0.05, 0) is 49.3 Å². The Hall–Kier alpha value is -5.76. The van der Waals surface area contributed by atoms with Gasteiger partial charge in [0.15, 0.2) is 0 Å². The molecule has 2 atom stereocenters. The van der Waals surface area contributed by atoms with Gasteiger partial charge in [0, 0.05) is 50.9 Å². The van der Waals surface area contributed by atoms with Crippen molar-refractivity contribution in [3.63, 3.8) is 0 Å². The summed E-state index contributed by atoms with van der Waals surface area (Å²) >= 11 is 0. The quantitative estimate of drug-likeness (QED) is 0.0378. The van der Waals surface area contributed by atoms with Crippen molar-refractivity contribution in [1.82, 2.24) is 37.0 Å². The number of hydrogen-bond acceptors (Lipinski definition) is 12. The molecule has 9 amide bonds. The molecular formula is C35H53N9O11. The van der Waals surface area contributed by atoms with Crippen LogP contribution in [0.25, 0.3) is 0 Å². The summed E-state index contributed by atoms with van der Waals surface area (Å²) in [4.78, 5) is 98.3. The van der Waals surface area contributed by atoms with Crippen molar-refractivity contribution < 1.29 is 52.6 Å². The molecule has 20 nitrogen and oxygen atoms in total. The zero-order chi connectivity index (χ0) is 40.6. The maximum absolute atomic E-state index is 13.4. The number of carbonyl (C=O) groups excluding carboxylic acids is 8. The van der Waals surface area contributed by atoms with Gasteiger partial charge in [0.25, 0.3) is 11.8 Å². The average Bonchev–Trinajstić information content (AvgIpc) is 3.46. The SMILES string of the molecule is CNNC(=O)OCCOCCNC(=O)OCc1ccc(NC(=O)C(CCCNC(N)=O)NC(=O)C(NC(=O)CCCCCN2C(=O)C=CC2=O)C(C)C)cc1. The summed E-state index contributed by atoms with van der Waals surface area (Å²) in [6, 6.07) is 3.79. The second-order valence-corrected chi connectivity index (χ2v) is 12.6. The fourth-order valence-electron chi connectivity index (χ4n) is 4.98. The van der Waals surface area contributed by atoms with Crippen molar-refractivity contribution >= 4 is 53.4 Å². The first-order valence-corrected chi connectivity index (χ1v) is 17.9. The molecule has 0 aliphatic carbocycles. The van der Waals surface area contributed by atoms with Crippen LogP contribution >= 0.6 is 0 Å². The van der Waals surface area contributed by atoms with E-state index >= 15 is 0 Å². The summed E-state index contributed by atoms with van der Waals surface area (Å²) in [6.45, 7) is 4.40. The van der Waals surface area contributed by atoms with Gasteiger partial charge in [-0.15, -0.1) is 0 Å². The van der Waals surface area contributed by atoms with Crippen molar-refractivity contribution in [2.24, 2.45) is 11.7 Å². The summed E-state index contributed by atoms with van der Waals surface area (Å²) in [5, 5.41) is 13.2. The zero-order valence-corrected chi connectivity index (χ0v) is 31.4. The van der Waals surface area contributed by atoms with Crippen molar-refractivity contribution in [2.75, 3.05) is 51.8 Å². The van der Waals surface area contributed by atoms with Gasteiger partial charge in [0.2, 0.25) is 17.7 Å². The van der Waals surface area contributed by atoms with Crippen LogP contribution in [0.5, 0.6) is 0 Å². The molecule has 1 aromatic carbocycles. The lowest BCUT2D eigenvalue weighted by molar-refractivity contribution is -0.137. The second-order valence-electron chi connectivity index (χ2n) is 12.6. The fraction of sp³-hybridized carbons (Fsp3) is 0.543. The van der Waals surface area contributed by atoms with E-state index in [2.05, 4.69) is 37.4 Å². The van der Waals surface area contributed by atoms with E-state index in [9.17, 15) is 38.4 Å². The average molecular weight is 776 g/mol. The minimum atomic E-state index is -1.04. The minimum Gasteiger partial charge on any atom is -0.446 e. The largest absolute Gasteiger partial charge is 0.446 e. The Balaban J connectivity index is 1.84.